The molecule has 0 amide bonds. The van der Waals surface area contributed by atoms with Crippen molar-refractivity contribution in [1.29, 1.82) is 5.26 Å². The Bertz CT molecular complexity index is 684. The van der Waals surface area contributed by atoms with Gasteiger partial charge >= 0.3 is 11.9 Å². The Morgan fingerprint density at radius 1 is 1.28 bits per heavy atom. The summed E-state index contributed by atoms with van der Waals surface area (Å²) < 4.78 is 17.0. The maximum absolute atomic E-state index is 11.6. The number of esters is 2. The highest BCUT2D eigenvalue weighted by Gasteiger charge is 2.48. The molecule has 0 radical (unpaired) electrons. The van der Waals surface area contributed by atoms with Gasteiger partial charge in [-0.1, -0.05) is 13.8 Å². The van der Waals surface area contributed by atoms with E-state index in [1.165, 1.54) is 20.0 Å². The van der Waals surface area contributed by atoms with E-state index in [9.17, 15) is 9.59 Å². The number of nitriles is 1. The first-order valence-electron chi connectivity index (χ1n) is 8.23. The van der Waals surface area contributed by atoms with Gasteiger partial charge in [-0.3, -0.25) is 14.6 Å². The fourth-order valence-electron chi connectivity index (χ4n) is 3.14. The van der Waals surface area contributed by atoms with Crippen molar-refractivity contribution in [2.24, 2.45) is 5.92 Å². The van der Waals surface area contributed by atoms with Crippen molar-refractivity contribution < 1.29 is 23.8 Å². The van der Waals surface area contributed by atoms with Crippen molar-refractivity contribution in [3.63, 3.8) is 0 Å². The number of carbonyl (C=O) groups is 2. The minimum absolute atomic E-state index is 0.159. The van der Waals surface area contributed by atoms with E-state index < -0.39 is 30.3 Å². The molecule has 1 aliphatic rings. The van der Waals surface area contributed by atoms with Crippen LogP contribution in [0, 0.1) is 17.2 Å². The molecule has 5 atom stereocenters. The van der Waals surface area contributed by atoms with E-state index >= 15 is 0 Å². The van der Waals surface area contributed by atoms with Gasteiger partial charge < -0.3 is 14.2 Å². The molecule has 0 N–H and O–H groups in total. The number of aromatic nitrogens is 1. The molecule has 134 valence electrons. The zero-order valence-electron chi connectivity index (χ0n) is 14.8. The molecular weight excluding hydrogens is 324 g/mol. The maximum atomic E-state index is 11.6. The van der Waals surface area contributed by atoms with E-state index in [1.54, 1.807) is 12.1 Å². The standard InChI is InChI=1S/C18H22N2O5/c1-5-15-10(2)16(23-11(3)21)18(24-12(4)22)17(25-15)14-8-13(9-19)6-7-20-14/h6-8,10,15-18H,5H2,1-4H3/t10-,15+,16-,17+,18+/m0/s1. The van der Waals surface area contributed by atoms with Crippen LogP contribution in [0.1, 0.15) is 51.5 Å². The van der Waals surface area contributed by atoms with Crippen LogP contribution < -0.4 is 0 Å². The predicted molar refractivity (Wildman–Crippen MR) is 87.1 cm³/mol. The summed E-state index contributed by atoms with van der Waals surface area (Å²) in [5.41, 5.74) is 0.888. The van der Waals surface area contributed by atoms with Gasteiger partial charge in [-0.15, -0.1) is 0 Å². The second-order valence-electron chi connectivity index (χ2n) is 6.09. The first kappa shape index (κ1) is 18.9. The van der Waals surface area contributed by atoms with Crippen LogP contribution in [0.15, 0.2) is 18.3 Å². The van der Waals surface area contributed by atoms with E-state index in [1.807, 2.05) is 13.8 Å². The highest BCUT2D eigenvalue weighted by molar-refractivity contribution is 5.67. The Morgan fingerprint density at radius 2 is 1.92 bits per heavy atom. The number of ether oxygens (including phenoxy) is 3. The summed E-state index contributed by atoms with van der Waals surface area (Å²) in [5, 5.41) is 9.11. The molecule has 0 spiro atoms. The smallest absolute Gasteiger partial charge is 0.303 e. The van der Waals surface area contributed by atoms with Crippen LogP contribution in [0.2, 0.25) is 0 Å². The third kappa shape index (κ3) is 4.34. The Morgan fingerprint density at radius 3 is 2.48 bits per heavy atom. The molecular formula is C18H22N2O5. The Labute approximate surface area is 146 Å². The molecule has 7 nitrogen and oxygen atoms in total. The highest BCUT2D eigenvalue weighted by Crippen LogP contribution is 2.39. The van der Waals surface area contributed by atoms with Gasteiger partial charge in [0.25, 0.3) is 0 Å². The Hall–Kier alpha value is -2.46. The van der Waals surface area contributed by atoms with Gasteiger partial charge in [-0.05, 0) is 18.6 Å². The van der Waals surface area contributed by atoms with Crippen LogP contribution in [0.4, 0.5) is 0 Å². The monoisotopic (exact) mass is 346 g/mol. The van der Waals surface area contributed by atoms with Crippen molar-refractivity contribution in [2.45, 2.75) is 58.5 Å². The molecule has 7 heteroatoms. The largest absolute Gasteiger partial charge is 0.458 e. The van der Waals surface area contributed by atoms with Crippen LogP contribution >= 0.6 is 0 Å². The second-order valence-corrected chi connectivity index (χ2v) is 6.09. The zero-order chi connectivity index (χ0) is 18.6. The van der Waals surface area contributed by atoms with Gasteiger partial charge in [0.1, 0.15) is 12.2 Å². The summed E-state index contributed by atoms with van der Waals surface area (Å²) in [4.78, 5) is 27.4. The van der Waals surface area contributed by atoms with E-state index in [2.05, 4.69) is 11.1 Å². The summed E-state index contributed by atoms with van der Waals surface area (Å²) in [6, 6.07) is 5.22. The predicted octanol–water partition coefficient (Wildman–Crippen LogP) is 2.30. The van der Waals surface area contributed by atoms with Crippen LogP contribution in [0.3, 0.4) is 0 Å². The summed E-state index contributed by atoms with van der Waals surface area (Å²) in [5.74, 6) is -1.12. The number of carbonyl (C=O) groups excluding carboxylic acids is 2. The number of nitrogens with zero attached hydrogens (tertiary/aromatic N) is 2. The van der Waals surface area contributed by atoms with Gasteiger partial charge in [0, 0.05) is 26.0 Å². The van der Waals surface area contributed by atoms with E-state index in [4.69, 9.17) is 19.5 Å². The van der Waals surface area contributed by atoms with E-state index in [0.717, 1.165) is 0 Å². The summed E-state index contributed by atoms with van der Waals surface area (Å²) in [6.45, 7) is 6.47. The molecule has 0 aliphatic carbocycles. The summed E-state index contributed by atoms with van der Waals surface area (Å²) in [7, 11) is 0. The molecule has 1 fully saturated rings. The quantitative estimate of drug-likeness (QED) is 0.771. The van der Waals surface area contributed by atoms with Gasteiger partial charge in [0.05, 0.1) is 23.4 Å². The lowest BCUT2D eigenvalue weighted by molar-refractivity contribution is -0.226. The van der Waals surface area contributed by atoms with Gasteiger partial charge in [0.15, 0.2) is 6.10 Å². The van der Waals surface area contributed by atoms with Gasteiger partial charge in [0.2, 0.25) is 0 Å². The van der Waals surface area contributed by atoms with Crippen molar-refractivity contribution in [1.82, 2.24) is 4.98 Å². The molecule has 2 rings (SSSR count). The Kier molecular flexibility index (Phi) is 6.10. The molecule has 0 saturated carbocycles. The minimum atomic E-state index is -0.833. The van der Waals surface area contributed by atoms with Gasteiger partial charge in [-0.25, -0.2) is 0 Å². The average molecular weight is 346 g/mol. The molecule has 0 unspecified atom stereocenters. The molecule has 1 aromatic rings. The molecule has 1 saturated heterocycles. The third-order valence-corrected chi connectivity index (χ3v) is 4.26. The van der Waals surface area contributed by atoms with Crippen LogP contribution in [0.5, 0.6) is 0 Å². The highest BCUT2D eigenvalue weighted by atomic mass is 16.6. The number of rotatable bonds is 4. The molecule has 1 aromatic heterocycles. The Balaban J connectivity index is 2.46. The van der Waals surface area contributed by atoms with Crippen molar-refractivity contribution in [3.05, 3.63) is 29.6 Å². The van der Waals surface area contributed by atoms with Crippen LogP contribution in [0.25, 0.3) is 0 Å². The van der Waals surface area contributed by atoms with Crippen molar-refractivity contribution in [3.8, 4) is 6.07 Å². The molecule has 1 aliphatic heterocycles. The molecule has 0 aromatic carbocycles. The fraction of sp³-hybridized carbons (Fsp3) is 0.556. The van der Waals surface area contributed by atoms with Crippen molar-refractivity contribution in [2.75, 3.05) is 0 Å². The van der Waals surface area contributed by atoms with E-state index in [0.29, 0.717) is 17.7 Å². The van der Waals surface area contributed by atoms with Gasteiger partial charge in [-0.2, -0.15) is 5.26 Å². The minimum Gasteiger partial charge on any atom is -0.458 e. The lowest BCUT2D eigenvalue weighted by Crippen LogP contribution is -2.53. The molecule has 25 heavy (non-hydrogen) atoms. The average Bonchev–Trinajstić information content (AvgIpc) is 2.57. The normalized spacial score (nSPS) is 28.7. The summed E-state index contributed by atoms with van der Waals surface area (Å²) in [6.07, 6.45) is -0.211. The zero-order valence-corrected chi connectivity index (χ0v) is 14.8. The molecule has 0 bridgehead atoms. The summed E-state index contributed by atoms with van der Waals surface area (Å²) >= 11 is 0. The molecule has 2 heterocycles. The topological polar surface area (TPSA) is 98.5 Å². The fourth-order valence-corrected chi connectivity index (χ4v) is 3.14. The first-order valence-corrected chi connectivity index (χ1v) is 8.23. The SMILES string of the molecule is CC[C@H]1O[C@H](c2cc(C#N)ccn2)[C@H](OC(C)=O)[C@@H](OC(C)=O)[C@H]1C. The lowest BCUT2D eigenvalue weighted by atomic mass is 9.85. The third-order valence-electron chi connectivity index (χ3n) is 4.26. The first-order chi connectivity index (χ1) is 11.9. The van der Waals surface area contributed by atoms with Crippen molar-refractivity contribution >= 4 is 11.9 Å². The number of hydrogen-bond donors (Lipinski definition) is 0. The van der Waals surface area contributed by atoms with Crippen LogP contribution in [-0.2, 0) is 23.8 Å². The van der Waals surface area contributed by atoms with E-state index in [-0.39, 0.29) is 12.0 Å². The number of pyridine rings is 1. The number of hydrogen-bond acceptors (Lipinski definition) is 7. The maximum Gasteiger partial charge on any atom is 0.303 e. The van der Waals surface area contributed by atoms with Crippen LogP contribution in [-0.4, -0.2) is 35.2 Å². The second kappa shape index (κ2) is 8.08. The lowest BCUT2D eigenvalue weighted by Gasteiger charge is -2.44.